The molecule has 58 heavy (non-hydrogen) atoms. The van der Waals surface area contributed by atoms with Gasteiger partial charge in [-0.15, -0.1) is 0 Å². The van der Waals surface area contributed by atoms with Crippen LogP contribution in [0.25, 0.3) is 5.69 Å². The van der Waals surface area contributed by atoms with E-state index in [4.69, 9.17) is 9.47 Å². The number of rotatable bonds is 11. The Labute approximate surface area is 345 Å². The minimum atomic E-state index is -1.18. The summed E-state index contributed by atoms with van der Waals surface area (Å²) < 4.78 is 15.6. The predicted molar refractivity (Wildman–Crippen MR) is 225 cm³/mol. The molecule has 0 saturated heterocycles. The summed E-state index contributed by atoms with van der Waals surface area (Å²) in [5.41, 5.74) is 1.97. The van der Waals surface area contributed by atoms with Crippen LogP contribution in [0.5, 0.6) is 5.75 Å². The average Bonchev–Trinajstić information content (AvgIpc) is 3.65. The molecule has 5 aliphatic carbocycles. The number of carboxylic acid groups (broad SMARTS) is 1. The number of carbonyl (C=O) groups is 3. The molecule has 2 N–H and O–H groups in total. The monoisotopic (exact) mass is 800 g/mol. The summed E-state index contributed by atoms with van der Waals surface area (Å²) in [7, 11) is 3.57. The number of hydrogen-bond donors (Lipinski definition) is 2. The van der Waals surface area contributed by atoms with Crippen molar-refractivity contribution >= 4 is 17.7 Å². The first kappa shape index (κ1) is 42.5. The van der Waals surface area contributed by atoms with Crippen LogP contribution in [0.3, 0.4) is 0 Å². The maximum Gasteiger partial charge on any atom is 0.309 e. The Morgan fingerprint density at radius 1 is 0.931 bits per heavy atom. The van der Waals surface area contributed by atoms with Crippen LogP contribution < -0.4 is 15.6 Å². The highest BCUT2D eigenvalue weighted by atomic mass is 16.5. The number of hydrogen-bond acceptors (Lipinski definition) is 7. The fraction of sp³-hybridized carbons (Fsp3) is 0.708. The van der Waals surface area contributed by atoms with Crippen LogP contribution in [0.2, 0.25) is 0 Å². The largest absolute Gasteiger partial charge is 0.497 e. The third kappa shape index (κ3) is 6.19. The molecule has 1 aromatic carbocycles. The summed E-state index contributed by atoms with van der Waals surface area (Å²) in [6, 6.07) is 9.49. The Bertz CT molecular complexity index is 2060. The Morgan fingerprint density at radius 3 is 2.24 bits per heavy atom. The maximum absolute atomic E-state index is 14.5. The highest BCUT2D eigenvalue weighted by Crippen LogP contribution is 2.77. The lowest BCUT2D eigenvalue weighted by Crippen LogP contribution is -2.66. The van der Waals surface area contributed by atoms with E-state index in [1.54, 1.807) is 25.6 Å². The number of methoxy groups -OCH3 is 1. The molecule has 0 bridgehead atoms. The van der Waals surface area contributed by atoms with E-state index in [0.29, 0.717) is 31.3 Å². The zero-order valence-corrected chi connectivity index (χ0v) is 37.0. The van der Waals surface area contributed by atoms with Crippen molar-refractivity contribution in [1.29, 1.82) is 0 Å². The molecule has 2 aromatic rings. The molecule has 0 unspecified atom stereocenters. The topological polar surface area (TPSA) is 129 Å². The zero-order valence-electron chi connectivity index (χ0n) is 37.0. The van der Waals surface area contributed by atoms with Gasteiger partial charge in [-0.25, -0.2) is 4.68 Å². The molecule has 0 spiro atoms. The van der Waals surface area contributed by atoms with E-state index in [1.165, 1.54) is 5.57 Å². The molecule has 1 heterocycles. The Hall–Kier alpha value is -3.66. The molecule has 4 fully saturated rings. The number of nitrogens with one attached hydrogen (secondary N) is 1. The Balaban J connectivity index is 1.26. The van der Waals surface area contributed by atoms with Crippen molar-refractivity contribution in [3.63, 3.8) is 0 Å². The van der Waals surface area contributed by atoms with E-state index in [9.17, 15) is 24.3 Å². The zero-order chi connectivity index (χ0) is 42.4. The molecule has 8 atom stereocenters. The van der Waals surface area contributed by atoms with Gasteiger partial charge in [0.25, 0.3) is 5.56 Å². The van der Waals surface area contributed by atoms with E-state index >= 15 is 0 Å². The third-order valence-corrected chi connectivity index (χ3v) is 17.2. The van der Waals surface area contributed by atoms with Gasteiger partial charge in [0, 0.05) is 29.9 Å². The van der Waals surface area contributed by atoms with Crippen molar-refractivity contribution in [1.82, 2.24) is 14.7 Å². The molecule has 318 valence electrons. The summed E-state index contributed by atoms with van der Waals surface area (Å²) in [6.07, 6.45) is 7.69. The summed E-state index contributed by atoms with van der Waals surface area (Å²) >= 11 is 0. The number of ether oxygens (including phenoxy) is 2. The molecular formula is C48H69N3O7. The van der Waals surface area contributed by atoms with Gasteiger partial charge in [0.15, 0.2) is 5.78 Å². The highest BCUT2D eigenvalue weighted by Gasteiger charge is 2.70. The number of allylic oxidation sites excluding steroid dienone is 2. The number of aromatic nitrogens is 2. The number of aliphatic carboxylic acids is 1. The molecule has 0 amide bonds. The number of fused-ring (bicyclic) bond motifs is 7. The van der Waals surface area contributed by atoms with Crippen LogP contribution in [-0.2, 0) is 31.1 Å². The smallest absolute Gasteiger partial charge is 0.309 e. The van der Waals surface area contributed by atoms with Crippen molar-refractivity contribution in [3.8, 4) is 11.4 Å². The van der Waals surface area contributed by atoms with Gasteiger partial charge >= 0.3 is 11.9 Å². The van der Waals surface area contributed by atoms with E-state index in [0.717, 1.165) is 74.1 Å². The summed E-state index contributed by atoms with van der Waals surface area (Å²) in [5, 5.41) is 13.0. The molecule has 0 radical (unpaired) electrons. The molecule has 10 heteroatoms. The molecular weight excluding hydrogens is 731 g/mol. The minimum Gasteiger partial charge on any atom is -0.497 e. The van der Waals surface area contributed by atoms with E-state index in [-0.39, 0.29) is 57.4 Å². The third-order valence-electron chi connectivity index (χ3n) is 17.2. The first-order chi connectivity index (χ1) is 27.1. The van der Waals surface area contributed by atoms with Crippen LogP contribution in [-0.4, -0.2) is 59.0 Å². The second kappa shape index (κ2) is 14.5. The van der Waals surface area contributed by atoms with E-state index < -0.39 is 22.8 Å². The van der Waals surface area contributed by atoms with Crippen molar-refractivity contribution in [2.75, 3.05) is 20.7 Å². The minimum absolute atomic E-state index is 0.0139. The number of nitrogens with zero attached hydrogens (tertiary/aromatic N) is 2. The number of benzene rings is 1. The standard InChI is InChI=1S/C48H69N3O7/c1-29(2)40-33(52)27-48(36-26-38(53)51(50(36)25-24-49-10)30-12-14-31(57-11)15-13-30)23-22-46(8)32(41(40)48)16-17-35-45(7)20-19-37(58-39(54)28-43(3,4)42(55)56)44(5,6)34(45)18-21-47(35,46)9/h12-15,26,29,32,34-35,37,49H,16-25,27-28H2,1-11H3,(H,55,56)/t32-,34+,35-,37+,45+,46-,47-,48+/m1/s1. The van der Waals surface area contributed by atoms with Crippen LogP contribution in [0, 0.1) is 50.7 Å². The first-order valence-electron chi connectivity index (χ1n) is 22.0. The second-order valence-corrected chi connectivity index (χ2v) is 21.1. The summed E-state index contributed by atoms with van der Waals surface area (Å²) in [5.74, 6) is 0.639. The maximum atomic E-state index is 14.5. The first-order valence-corrected chi connectivity index (χ1v) is 22.0. The molecule has 0 aliphatic heterocycles. The summed E-state index contributed by atoms with van der Waals surface area (Å²) in [4.78, 5) is 53.8. The quantitative estimate of drug-likeness (QED) is 0.217. The van der Waals surface area contributed by atoms with Gasteiger partial charge in [0.05, 0.1) is 36.9 Å². The van der Waals surface area contributed by atoms with Gasteiger partial charge in [0.2, 0.25) is 0 Å². The van der Waals surface area contributed by atoms with Crippen molar-refractivity contribution in [3.05, 3.63) is 57.5 Å². The molecule has 10 nitrogen and oxygen atoms in total. The van der Waals surface area contributed by atoms with E-state index in [1.807, 2.05) is 37.4 Å². The number of likely N-dealkylation sites (N-methyl/N-ethyl adjacent to an activating group) is 1. The van der Waals surface area contributed by atoms with Gasteiger partial charge in [-0.1, -0.05) is 48.5 Å². The summed E-state index contributed by atoms with van der Waals surface area (Å²) in [6.45, 7) is 21.0. The van der Waals surface area contributed by atoms with Crippen LogP contribution in [0.1, 0.15) is 132 Å². The average molecular weight is 800 g/mol. The van der Waals surface area contributed by atoms with Gasteiger partial charge in [-0.2, -0.15) is 0 Å². The number of carboxylic acids is 1. The van der Waals surface area contributed by atoms with Crippen LogP contribution in [0.4, 0.5) is 0 Å². The Kier molecular flexibility index (Phi) is 10.6. The Morgan fingerprint density at radius 2 is 1.62 bits per heavy atom. The van der Waals surface area contributed by atoms with Crippen molar-refractivity contribution < 1.29 is 29.0 Å². The second-order valence-electron chi connectivity index (χ2n) is 21.1. The lowest BCUT2D eigenvalue weighted by atomic mass is 9.33. The number of esters is 1. The van der Waals surface area contributed by atoms with Gasteiger partial charge in [-0.05, 0) is 148 Å². The number of ketones is 1. The number of carbonyl (C=O) groups excluding carboxylic acids is 2. The highest BCUT2D eigenvalue weighted by molar-refractivity contribution is 6.01. The van der Waals surface area contributed by atoms with Gasteiger partial charge in [0.1, 0.15) is 11.9 Å². The molecule has 1 aromatic heterocycles. The lowest BCUT2D eigenvalue weighted by Gasteiger charge is -2.72. The fourth-order valence-electron chi connectivity index (χ4n) is 14.1. The normalized spacial score (nSPS) is 34.2. The number of Topliss-reactive ketones (excluding diaryl/α,β-unsaturated/α-hetero) is 1. The van der Waals surface area contributed by atoms with Crippen molar-refractivity contribution in [2.24, 2.45) is 50.7 Å². The predicted octanol–water partition coefficient (Wildman–Crippen LogP) is 8.51. The van der Waals surface area contributed by atoms with Crippen molar-refractivity contribution in [2.45, 2.75) is 145 Å². The van der Waals surface area contributed by atoms with Gasteiger partial charge in [-0.3, -0.25) is 23.9 Å². The lowest BCUT2D eigenvalue weighted by molar-refractivity contribution is -0.232. The molecule has 7 rings (SSSR count). The van der Waals surface area contributed by atoms with Crippen LogP contribution >= 0.6 is 0 Å². The molecule has 5 aliphatic rings. The van der Waals surface area contributed by atoms with Gasteiger partial charge < -0.3 is 19.9 Å². The molecule has 4 saturated carbocycles. The van der Waals surface area contributed by atoms with E-state index in [2.05, 4.69) is 58.5 Å². The SMILES string of the molecule is CNCCn1c([C@@]23CC[C@]4(C)[C@H](CC[C@@H]5[C@@]6(C)CC[C@H](OC(=O)CC(C)(C)C(=O)O)C(C)(C)[C@@H]6CC[C@]54C)C2=C(C(C)C)C(=O)C3)cc(=O)n1-c1ccc(OC)cc1. The van der Waals surface area contributed by atoms with Crippen LogP contribution in [0.15, 0.2) is 46.3 Å². The fourth-order valence-corrected chi connectivity index (χ4v) is 14.1.